The smallest absolute Gasteiger partial charge is 0.262 e. The van der Waals surface area contributed by atoms with E-state index < -0.39 is 0 Å². The second-order valence-electron chi connectivity index (χ2n) is 4.88. The van der Waals surface area contributed by atoms with Crippen LogP contribution in [0.2, 0.25) is 0 Å². The minimum Gasteiger partial charge on any atom is -0.484 e. The number of hydrogen-bond acceptors (Lipinski definition) is 4. The molecule has 1 atom stereocenters. The number of benzene rings is 1. The predicted molar refractivity (Wildman–Crippen MR) is 77.3 cm³/mol. The summed E-state index contributed by atoms with van der Waals surface area (Å²) in [4.78, 5) is 11.8. The Morgan fingerprint density at radius 1 is 1.43 bits per heavy atom. The molecule has 6 heteroatoms. The van der Waals surface area contributed by atoms with Gasteiger partial charge in [-0.25, -0.2) is 0 Å². The van der Waals surface area contributed by atoms with Crippen LogP contribution in [-0.2, 0) is 9.53 Å². The average molecular weight is 287 g/mol. The molecule has 1 fully saturated rings. The number of nitrogens with zero attached hydrogens (tertiary/aromatic N) is 2. The molecule has 1 saturated heterocycles. The maximum atomic E-state index is 11.8. The van der Waals surface area contributed by atoms with Crippen molar-refractivity contribution in [3.8, 4) is 5.75 Å². The van der Waals surface area contributed by atoms with Gasteiger partial charge in [0, 0.05) is 12.8 Å². The Balaban J connectivity index is 1.50. The molecule has 1 aromatic carbocycles. The third-order valence-electron chi connectivity index (χ3n) is 3.28. The molecule has 1 aromatic heterocycles. The van der Waals surface area contributed by atoms with Gasteiger partial charge in [-0.15, -0.1) is 0 Å². The van der Waals surface area contributed by atoms with Crippen molar-refractivity contribution in [1.29, 1.82) is 0 Å². The van der Waals surface area contributed by atoms with Crippen LogP contribution in [0.15, 0.2) is 42.7 Å². The van der Waals surface area contributed by atoms with Gasteiger partial charge in [-0.2, -0.15) is 5.10 Å². The van der Waals surface area contributed by atoms with Crippen molar-refractivity contribution in [2.45, 2.75) is 12.5 Å². The van der Waals surface area contributed by atoms with Crippen molar-refractivity contribution in [1.82, 2.24) is 9.78 Å². The second-order valence-corrected chi connectivity index (χ2v) is 4.88. The largest absolute Gasteiger partial charge is 0.484 e. The van der Waals surface area contributed by atoms with Crippen LogP contribution in [0.5, 0.6) is 5.75 Å². The summed E-state index contributed by atoms with van der Waals surface area (Å²) < 4.78 is 12.5. The highest BCUT2D eigenvalue weighted by atomic mass is 16.5. The van der Waals surface area contributed by atoms with Crippen LogP contribution >= 0.6 is 0 Å². The minimum absolute atomic E-state index is 0.0261. The van der Waals surface area contributed by atoms with Crippen molar-refractivity contribution in [3.63, 3.8) is 0 Å². The maximum absolute atomic E-state index is 11.8. The lowest BCUT2D eigenvalue weighted by atomic mass is 10.3. The van der Waals surface area contributed by atoms with E-state index in [-0.39, 0.29) is 18.6 Å². The van der Waals surface area contributed by atoms with E-state index in [1.165, 1.54) is 0 Å². The molecule has 1 aliphatic rings. The van der Waals surface area contributed by atoms with Crippen LogP contribution in [0.1, 0.15) is 12.5 Å². The number of carbonyl (C=O) groups excluding carboxylic acids is 1. The van der Waals surface area contributed by atoms with Crippen LogP contribution in [0.25, 0.3) is 0 Å². The van der Waals surface area contributed by atoms with E-state index in [9.17, 15) is 4.79 Å². The molecule has 6 nitrogen and oxygen atoms in total. The predicted octanol–water partition coefficient (Wildman–Crippen LogP) is 1.86. The molecule has 0 radical (unpaired) electrons. The lowest BCUT2D eigenvalue weighted by Gasteiger charge is -2.07. The topological polar surface area (TPSA) is 65.4 Å². The number of hydrogen-bond donors (Lipinski definition) is 1. The third-order valence-corrected chi connectivity index (χ3v) is 3.28. The summed E-state index contributed by atoms with van der Waals surface area (Å²) in [6.45, 7) is 1.41. The third kappa shape index (κ3) is 3.61. The van der Waals surface area contributed by atoms with Crippen LogP contribution in [0, 0.1) is 0 Å². The van der Waals surface area contributed by atoms with Gasteiger partial charge in [-0.05, 0) is 18.6 Å². The minimum atomic E-state index is -0.207. The number of ether oxygens (including phenoxy) is 2. The molecule has 21 heavy (non-hydrogen) atoms. The Bertz CT molecular complexity index is 591. The monoisotopic (exact) mass is 287 g/mol. The zero-order valence-corrected chi connectivity index (χ0v) is 11.6. The van der Waals surface area contributed by atoms with Gasteiger partial charge in [-0.3, -0.25) is 9.48 Å². The average Bonchev–Trinajstić information content (AvgIpc) is 3.17. The fraction of sp³-hybridized carbons (Fsp3) is 0.333. The summed E-state index contributed by atoms with van der Waals surface area (Å²) in [5, 5.41) is 7.02. The summed E-state index contributed by atoms with van der Waals surface area (Å²) in [5.74, 6) is 0.465. The van der Waals surface area contributed by atoms with Crippen molar-refractivity contribution < 1.29 is 14.3 Å². The van der Waals surface area contributed by atoms with Gasteiger partial charge in [0.25, 0.3) is 5.91 Å². The first-order valence-corrected chi connectivity index (χ1v) is 6.91. The molecule has 1 N–H and O–H groups in total. The standard InChI is InChI=1S/C15H17N3O3/c19-15(11-21-14-4-2-1-3-5-14)17-12-8-16-18(9-12)13-6-7-20-10-13/h1-5,8-9,13H,6-7,10-11H2,(H,17,19)/t13-/m1/s1. The number of aromatic nitrogens is 2. The number of anilines is 1. The van der Waals surface area contributed by atoms with Crippen LogP contribution in [-0.4, -0.2) is 35.5 Å². The first-order valence-electron chi connectivity index (χ1n) is 6.91. The molecule has 2 heterocycles. The van der Waals surface area contributed by atoms with E-state index >= 15 is 0 Å². The molecule has 110 valence electrons. The molecule has 1 aliphatic heterocycles. The van der Waals surface area contributed by atoms with Crippen LogP contribution < -0.4 is 10.1 Å². The fourth-order valence-electron chi connectivity index (χ4n) is 2.20. The number of para-hydroxylation sites is 1. The highest BCUT2D eigenvalue weighted by molar-refractivity contribution is 5.91. The number of nitrogens with one attached hydrogen (secondary N) is 1. The van der Waals surface area contributed by atoms with Gasteiger partial charge in [-0.1, -0.05) is 18.2 Å². The molecule has 2 aromatic rings. The molecule has 0 saturated carbocycles. The molecular weight excluding hydrogens is 270 g/mol. The van der Waals surface area contributed by atoms with E-state index in [0.717, 1.165) is 13.0 Å². The van der Waals surface area contributed by atoms with E-state index in [1.807, 2.05) is 41.2 Å². The van der Waals surface area contributed by atoms with Gasteiger partial charge in [0.2, 0.25) is 0 Å². The summed E-state index contributed by atoms with van der Waals surface area (Å²) >= 11 is 0. The van der Waals surface area contributed by atoms with Crippen molar-refractivity contribution in [2.75, 3.05) is 25.1 Å². The first-order chi connectivity index (χ1) is 10.3. The second kappa shape index (κ2) is 6.41. The maximum Gasteiger partial charge on any atom is 0.262 e. The van der Waals surface area contributed by atoms with Crippen molar-refractivity contribution in [2.24, 2.45) is 0 Å². The van der Waals surface area contributed by atoms with Gasteiger partial charge in [0.1, 0.15) is 5.75 Å². The van der Waals surface area contributed by atoms with Gasteiger partial charge in [0.05, 0.1) is 24.5 Å². The molecule has 1 amide bonds. The number of carbonyl (C=O) groups is 1. The Kier molecular flexibility index (Phi) is 4.16. The number of rotatable bonds is 5. The Morgan fingerprint density at radius 2 is 2.29 bits per heavy atom. The van der Waals surface area contributed by atoms with E-state index in [4.69, 9.17) is 9.47 Å². The Labute approximate surface area is 122 Å². The van der Waals surface area contributed by atoms with Gasteiger partial charge < -0.3 is 14.8 Å². The highest BCUT2D eigenvalue weighted by Crippen LogP contribution is 2.19. The lowest BCUT2D eigenvalue weighted by Crippen LogP contribution is -2.19. The van der Waals surface area contributed by atoms with Gasteiger partial charge in [0.15, 0.2) is 6.61 Å². The van der Waals surface area contributed by atoms with E-state index in [0.29, 0.717) is 18.0 Å². The van der Waals surface area contributed by atoms with Crippen molar-refractivity contribution in [3.05, 3.63) is 42.7 Å². The molecular formula is C15H17N3O3. The van der Waals surface area contributed by atoms with Gasteiger partial charge >= 0.3 is 0 Å². The van der Waals surface area contributed by atoms with E-state index in [1.54, 1.807) is 6.20 Å². The molecule has 0 aliphatic carbocycles. The summed E-state index contributed by atoms with van der Waals surface area (Å²) in [5.41, 5.74) is 0.670. The summed E-state index contributed by atoms with van der Waals surface area (Å²) in [6, 6.07) is 9.50. The van der Waals surface area contributed by atoms with E-state index in [2.05, 4.69) is 10.4 Å². The number of amides is 1. The molecule has 0 bridgehead atoms. The zero-order chi connectivity index (χ0) is 14.5. The normalized spacial score (nSPS) is 17.6. The van der Waals surface area contributed by atoms with Crippen molar-refractivity contribution >= 4 is 11.6 Å². The lowest BCUT2D eigenvalue weighted by molar-refractivity contribution is -0.118. The fourth-order valence-corrected chi connectivity index (χ4v) is 2.20. The highest BCUT2D eigenvalue weighted by Gasteiger charge is 2.18. The van der Waals surface area contributed by atoms with Crippen LogP contribution in [0.4, 0.5) is 5.69 Å². The SMILES string of the molecule is O=C(COc1ccccc1)Nc1cnn([C@@H]2CCOC2)c1. The summed E-state index contributed by atoms with van der Waals surface area (Å²) in [6.07, 6.45) is 4.41. The Hall–Kier alpha value is -2.34. The first kappa shape index (κ1) is 13.6. The van der Waals surface area contributed by atoms with Crippen LogP contribution in [0.3, 0.4) is 0 Å². The summed E-state index contributed by atoms with van der Waals surface area (Å²) in [7, 11) is 0. The molecule has 0 unspecified atom stereocenters. The molecule has 3 rings (SSSR count). The molecule has 0 spiro atoms. The zero-order valence-electron chi connectivity index (χ0n) is 11.6. The quantitative estimate of drug-likeness (QED) is 0.911. The Morgan fingerprint density at radius 3 is 3.05 bits per heavy atom.